The molecule has 2 aromatic rings. The highest BCUT2D eigenvalue weighted by Gasteiger charge is 2.31. The van der Waals surface area contributed by atoms with Crippen molar-refractivity contribution in [1.29, 1.82) is 0 Å². The largest absolute Gasteiger partial charge is 0.324 e. The summed E-state index contributed by atoms with van der Waals surface area (Å²) < 4.78 is 26.6. The van der Waals surface area contributed by atoms with Crippen LogP contribution in [0.2, 0.25) is 0 Å². The molecular weight excluding hydrogens is 392 g/mol. The number of hydrogen-bond donors (Lipinski definition) is 1. The molecule has 0 bridgehead atoms. The van der Waals surface area contributed by atoms with Gasteiger partial charge in [-0.2, -0.15) is 0 Å². The predicted molar refractivity (Wildman–Crippen MR) is 101 cm³/mol. The Morgan fingerprint density at radius 2 is 1.71 bits per heavy atom. The van der Waals surface area contributed by atoms with E-state index in [-0.39, 0.29) is 5.91 Å². The summed E-state index contributed by atoms with van der Waals surface area (Å²) >= 11 is 3.33. The van der Waals surface area contributed by atoms with E-state index in [2.05, 4.69) is 21.2 Å². The third-order valence-electron chi connectivity index (χ3n) is 3.45. The smallest absolute Gasteiger partial charge is 0.248 e. The molecule has 0 aliphatic heterocycles. The Kier molecular flexibility index (Phi) is 6.01. The van der Waals surface area contributed by atoms with Crippen molar-refractivity contribution in [2.45, 2.75) is 19.4 Å². The molecule has 24 heavy (non-hydrogen) atoms. The summed E-state index contributed by atoms with van der Waals surface area (Å²) in [6, 6.07) is 14.9. The second-order valence-corrected chi connectivity index (χ2v) is 8.09. The van der Waals surface area contributed by atoms with Crippen LogP contribution in [0.5, 0.6) is 0 Å². The third kappa shape index (κ3) is 4.58. The first-order valence-corrected chi connectivity index (χ1v) is 10.1. The monoisotopic (exact) mass is 410 g/mol. The lowest BCUT2D eigenvalue weighted by molar-refractivity contribution is -0.117. The first-order valence-electron chi connectivity index (χ1n) is 7.44. The quantitative estimate of drug-likeness (QED) is 0.790. The summed E-state index contributed by atoms with van der Waals surface area (Å²) in [5, 5.41) is 2.78. The molecule has 1 amide bonds. The number of carbonyl (C=O) groups excluding carboxylic acids is 1. The molecule has 0 saturated carbocycles. The summed E-state index contributed by atoms with van der Waals surface area (Å²) in [5.74, 6) is -0.367. The Labute approximate surface area is 150 Å². The molecule has 1 atom stereocenters. The van der Waals surface area contributed by atoms with Crippen LogP contribution in [-0.2, 0) is 14.8 Å². The average molecular weight is 411 g/mol. The molecule has 0 radical (unpaired) electrons. The predicted octanol–water partition coefficient (Wildman–Crippen LogP) is 3.63. The van der Waals surface area contributed by atoms with Crippen LogP contribution < -0.4 is 9.62 Å². The van der Waals surface area contributed by atoms with E-state index in [1.54, 1.807) is 49.4 Å². The minimum Gasteiger partial charge on any atom is -0.324 e. The van der Waals surface area contributed by atoms with Gasteiger partial charge in [-0.3, -0.25) is 9.10 Å². The van der Waals surface area contributed by atoms with E-state index >= 15 is 0 Å². The number of hydrogen-bond acceptors (Lipinski definition) is 3. The number of anilines is 2. The van der Waals surface area contributed by atoms with Gasteiger partial charge >= 0.3 is 0 Å². The van der Waals surface area contributed by atoms with E-state index in [0.29, 0.717) is 17.8 Å². The van der Waals surface area contributed by atoms with Crippen LogP contribution in [0.1, 0.15) is 13.3 Å². The number of benzene rings is 2. The van der Waals surface area contributed by atoms with E-state index in [1.165, 1.54) is 4.31 Å². The third-order valence-corrected chi connectivity index (χ3v) is 5.16. The van der Waals surface area contributed by atoms with Crippen LogP contribution in [0.25, 0.3) is 0 Å². The van der Waals surface area contributed by atoms with Crippen molar-refractivity contribution in [2.75, 3.05) is 15.9 Å². The number of nitrogens with one attached hydrogen (secondary N) is 1. The Bertz CT molecular complexity index is 792. The van der Waals surface area contributed by atoms with E-state index in [0.717, 1.165) is 10.7 Å². The normalized spacial score (nSPS) is 12.5. The summed E-state index contributed by atoms with van der Waals surface area (Å²) in [6.45, 7) is 1.78. The molecular formula is C17H19BrN2O3S. The van der Waals surface area contributed by atoms with Crippen molar-refractivity contribution in [3.63, 3.8) is 0 Å². The standard InChI is InChI=1S/C17H19BrN2O3S/c1-3-16(17(21)19-14-11-9-13(18)10-12-14)20(24(2,22)23)15-7-5-4-6-8-15/h4-12,16H,3H2,1-2H3,(H,19,21)/t16-/m1/s1. The first-order chi connectivity index (χ1) is 11.3. The highest BCUT2D eigenvalue weighted by Crippen LogP contribution is 2.23. The van der Waals surface area contributed by atoms with Gasteiger partial charge in [0.2, 0.25) is 15.9 Å². The molecule has 0 heterocycles. The molecule has 2 aromatic carbocycles. The number of halogens is 1. The molecule has 0 aliphatic carbocycles. The van der Waals surface area contributed by atoms with Crippen LogP contribution in [0, 0.1) is 0 Å². The SMILES string of the molecule is CC[C@H](C(=O)Nc1ccc(Br)cc1)N(c1ccccc1)S(C)(=O)=O. The van der Waals surface area contributed by atoms with Gasteiger partial charge in [-0.05, 0) is 42.8 Å². The van der Waals surface area contributed by atoms with Crippen molar-refractivity contribution in [3.05, 3.63) is 59.1 Å². The van der Waals surface area contributed by atoms with Crippen LogP contribution >= 0.6 is 15.9 Å². The van der Waals surface area contributed by atoms with Gasteiger partial charge in [0.1, 0.15) is 6.04 Å². The van der Waals surface area contributed by atoms with Gasteiger partial charge in [0.15, 0.2) is 0 Å². The van der Waals surface area contributed by atoms with Crippen molar-refractivity contribution < 1.29 is 13.2 Å². The highest BCUT2D eigenvalue weighted by atomic mass is 79.9. The van der Waals surface area contributed by atoms with Crippen molar-refractivity contribution in [2.24, 2.45) is 0 Å². The molecule has 0 saturated heterocycles. The molecule has 0 aromatic heterocycles. The second kappa shape index (κ2) is 7.81. The zero-order chi connectivity index (χ0) is 17.7. The van der Waals surface area contributed by atoms with Crippen LogP contribution in [0.3, 0.4) is 0 Å². The van der Waals surface area contributed by atoms with Crippen molar-refractivity contribution >= 4 is 43.2 Å². The summed E-state index contributed by atoms with van der Waals surface area (Å²) in [5.41, 5.74) is 1.08. The van der Waals surface area contributed by atoms with E-state index in [1.807, 2.05) is 12.1 Å². The first kappa shape index (κ1) is 18.5. The molecule has 128 valence electrons. The molecule has 2 rings (SSSR count). The fraction of sp³-hybridized carbons (Fsp3) is 0.235. The molecule has 0 spiro atoms. The topological polar surface area (TPSA) is 66.5 Å². The fourth-order valence-corrected chi connectivity index (χ4v) is 3.87. The molecule has 1 N–H and O–H groups in total. The fourth-order valence-electron chi connectivity index (χ4n) is 2.39. The van der Waals surface area contributed by atoms with Gasteiger partial charge < -0.3 is 5.32 Å². The maximum atomic E-state index is 12.7. The lowest BCUT2D eigenvalue weighted by atomic mass is 10.2. The van der Waals surface area contributed by atoms with E-state index in [9.17, 15) is 13.2 Å². The van der Waals surface area contributed by atoms with Gasteiger partial charge in [-0.15, -0.1) is 0 Å². The Hall–Kier alpha value is -1.86. The molecule has 5 nitrogen and oxygen atoms in total. The number of carbonyl (C=O) groups is 1. The maximum Gasteiger partial charge on any atom is 0.248 e. The summed E-state index contributed by atoms with van der Waals surface area (Å²) in [7, 11) is -3.61. The zero-order valence-electron chi connectivity index (χ0n) is 13.4. The lowest BCUT2D eigenvalue weighted by Crippen LogP contribution is -2.46. The van der Waals surface area contributed by atoms with Crippen molar-refractivity contribution in [3.8, 4) is 0 Å². The average Bonchev–Trinajstić information content (AvgIpc) is 2.54. The number of nitrogens with zero attached hydrogens (tertiary/aromatic N) is 1. The minimum atomic E-state index is -3.61. The van der Waals surface area contributed by atoms with Gasteiger partial charge in [0.05, 0.1) is 11.9 Å². The van der Waals surface area contributed by atoms with Gasteiger partial charge in [0, 0.05) is 10.2 Å². The molecule has 0 aliphatic rings. The Morgan fingerprint density at radius 3 is 2.21 bits per heavy atom. The summed E-state index contributed by atoms with van der Waals surface area (Å²) in [6.07, 6.45) is 1.46. The van der Waals surface area contributed by atoms with Crippen LogP contribution in [0.4, 0.5) is 11.4 Å². The lowest BCUT2D eigenvalue weighted by Gasteiger charge is -2.30. The Balaban J connectivity index is 2.32. The number of rotatable bonds is 6. The van der Waals surface area contributed by atoms with Crippen molar-refractivity contribution in [1.82, 2.24) is 0 Å². The van der Waals surface area contributed by atoms with Gasteiger partial charge in [0.25, 0.3) is 0 Å². The van der Waals surface area contributed by atoms with E-state index in [4.69, 9.17) is 0 Å². The maximum absolute atomic E-state index is 12.7. The Morgan fingerprint density at radius 1 is 1.12 bits per heavy atom. The number of para-hydroxylation sites is 1. The zero-order valence-corrected chi connectivity index (χ0v) is 15.8. The van der Waals surface area contributed by atoms with Gasteiger partial charge in [-0.1, -0.05) is 41.1 Å². The molecule has 0 fully saturated rings. The van der Waals surface area contributed by atoms with Crippen LogP contribution in [0.15, 0.2) is 59.1 Å². The molecule has 0 unspecified atom stereocenters. The highest BCUT2D eigenvalue weighted by molar-refractivity contribution is 9.10. The van der Waals surface area contributed by atoms with Gasteiger partial charge in [-0.25, -0.2) is 8.42 Å². The number of amides is 1. The van der Waals surface area contributed by atoms with E-state index < -0.39 is 16.1 Å². The summed E-state index contributed by atoms with van der Waals surface area (Å²) in [4.78, 5) is 12.7. The molecule has 7 heteroatoms. The minimum absolute atomic E-state index is 0.352. The number of sulfonamides is 1. The second-order valence-electron chi connectivity index (χ2n) is 5.31. The van der Waals surface area contributed by atoms with Crippen LogP contribution in [-0.4, -0.2) is 26.6 Å².